The molecule has 1 aliphatic heterocycles. The molecule has 0 saturated carbocycles. The van der Waals surface area contributed by atoms with Crippen molar-refractivity contribution in [2.24, 2.45) is 0 Å². The van der Waals surface area contributed by atoms with Crippen LogP contribution in [0.1, 0.15) is 24.5 Å². The zero-order valence-electron chi connectivity index (χ0n) is 14.5. The van der Waals surface area contributed by atoms with Gasteiger partial charge in [-0.25, -0.2) is 4.39 Å². The minimum atomic E-state index is -2.13. The van der Waals surface area contributed by atoms with Gasteiger partial charge >= 0.3 is 5.97 Å². The number of anilines is 1. The van der Waals surface area contributed by atoms with Gasteiger partial charge in [-0.05, 0) is 43.3 Å². The van der Waals surface area contributed by atoms with Crippen LogP contribution in [0, 0.1) is 0 Å². The van der Waals surface area contributed by atoms with Crippen LogP contribution in [-0.4, -0.2) is 25.0 Å². The number of hydrogen-bond donors (Lipinski definition) is 2. The Balaban J connectivity index is 1.60. The van der Waals surface area contributed by atoms with Crippen molar-refractivity contribution in [3.8, 4) is 5.75 Å². The molecule has 0 saturated heterocycles. The third kappa shape index (κ3) is 3.91. The molecule has 3 rings (SSSR count). The summed E-state index contributed by atoms with van der Waals surface area (Å²) in [6.07, 6.45) is 0.837. The number of esters is 1. The van der Waals surface area contributed by atoms with Crippen molar-refractivity contribution in [1.29, 1.82) is 0 Å². The lowest BCUT2D eigenvalue weighted by Gasteiger charge is -2.18. The number of halogens is 1. The fourth-order valence-electron chi connectivity index (χ4n) is 3.04. The van der Waals surface area contributed by atoms with Gasteiger partial charge in [0.25, 0.3) is 5.91 Å². The lowest BCUT2D eigenvalue weighted by molar-refractivity contribution is -0.131. The van der Waals surface area contributed by atoms with Crippen LogP contribution < -0.4 is 15.4 Å². The number of alkyl halides is 1. The summed E-state index contributed by atoms with van der Waals surface area (Å²) >= 11 is 0. The number of carbonyl (C=O) groups is 2. The second-order valence-corrected chi connectivity index (χ2v) is 6.29. The maximum absolute atomic E-state index is 15.4. The molecule has 1 atom stereocenters. The van der Waals surface area contributed by atoms with E-state index in [0.29, 0.717) is 18.8 Å². The Hall–Kier alpha value is -2.73. The summed E-state index contributed by atoms with van der Waals surface area (Å²) in [5.74, 6) is -0.946. The molecule has 1 aliphatic rings. The molecule has 136 valence electrons. The number of carbonyl (C=O) groups excluding carboxylic acids is 2. The Morgan fingerprint density at radius 2 is 1.96 bits per heavy atom. The van der Waals surface area contributed by atoms with Gasteiger partial charge in [-0.3, -0.25) is 9.59 Å². The number of benzene rings is 2. The Bertz CT molecular complexity index is 810. The van der Waals surface area contributed by atoms with Gasteiger partial charge in [-0.15, -0.1) is 0 Å². The van der Waals surface area contributed by atoms with Gasteiger partial charge in [0, 0.05) is 24.6 Å². The predicted molar refractivity (Wildman–Crippen MR) is 96.8 cm³/mol. The molecular weight excluding hydrogens is 335 g/mol. The first-order valence-corrected chi connectivity index (χ1v) is 8.57. The lowest BCUT2D eigenvalue weighted by atomic mass is 9.93. The molecule has 0 bridgehead atoms. The number of ether oxygens (including phenoxy) is 1. The molecule has 2 aromatic rings. The standard InChI is InChI=1S/C20H21FN2O3/c1-14(24)26-16-7-8-18-17(13-16)20(21,19(25)23-18)10-12-22-11-9-15-5-3-2-4-6-15/h2-8,13,22H,9-12H2,1H3,(H,23,25). The van der Waals surface area contributed by atoms with E-state index in [4.69, 9.17) is 4.74 Å². The Kier molecular flexibility index (Phi) is 5.32. The average Bonchev–Trinajstić information content (AvgIpc) is 2.86. The summed E-state index contributed by atoms with van der Waals surface area (Å²) in [4.78, 5) is 23.2. The summed E-state index contributed by atoms with van der Waals surface area (Å²) in [6, 6.07) is 14.5. The van der Waals surface area contributed by atoms with Crippen molar-refractivity contribution in [1.82, 2.24) is 5.32 Å². The maximum Gasteiger partial charge on any atom is 0.308 e. The number of fused-ring (bicyclic) bond motifs is 1. The molecule has 1 heterocycles. The molecule has 1 unspecified atom stereocenters. The van der Waals surface area contributed by atoms with E-state index in [-0.39, 0.29) is 17.7 Å². The summed E-state index contributed by atoms with van der Waals surface area (Å²) in [7, 11) is 0. The smallest absolute Gasteiger partial charge is 0.308 e. The zero-order chi connectivity index (χ0) is 18.6. The van der Waals surface area contributed by atoms with E-state index < -0.39 is 17.5 Å². The molecule has 2 N–H and O–H groups in total. The average molecular weight is 356 g/mol. The van der Waals surface area contributed by atoms with Crippen LogP contribution in [-0.2, 0) is 21.7 Å². The fourth-order valence-corrected chi connectivity index (χ4v) is 3.04. The second kappa shape index (κ2) is 7.66. The number of rotatable bonds is 7. The molecule has 26 heavy (non-hydrogen) atoms. The second-order valence-electron chi connectivity index (χ2n) is 6.29. The van der Waals surface area contributed by atoms with Crippen molar-refractivity contribution in [3.63, 3.8) is 0 Å². The quantitative estimate of drug-likeness (QED) is 0.455. The first-order valence-electron chi connectivity index (χ1n) is 8.57. The molecule has 0 aliphatic carbocycles. The van der Waals surface area contributed by atoms with Crippen LogP contribution in [0.2, 0.25) is 0 Å². The molecular formula is C20H21FN2O3. The highest BCUT2D eigenvalue weighted by Crippen LogP contribution is 2.43. The highest BCUT2D eigenvalue weighted by molar-refractivity contribution is 6.05. The van der Waals surface area contributed by atoms with E-state index in [1.165, 1.54) is 24.6 Å². The highest BCUT2D eigenvalue weighted by Gasteiger charge is 2.47. The molecule has 1 amide bonds. The zero-order valence-corrected chi connectivity index (χ0v) is 14.5. The van der Waals surface area contributed by atoms with Gasteiger partial charge < -0.3 is 15.4 Å². The third-order valence-corrected chi connectivity index (χ3v) is 4.37. The van der Waals surface area contributed by atoms with E-state index in [1.807, 2.05) is 30.3 Å². The van der Waals surface area contributed by atoms with Crippen molar-refractivity contribution in [3.05, 3.63) is 59.7 Å². The monoisotopic (exact) mass is 356 g/mol. The highest BCUT2D eigenvalue weighted by atomic mass is 19.1. The Morgan fingerprint density at radius 1 is 1.19 bits per heavy atom. The van der Waals surface area contributed by atoms with Crippen LogP contribution in [0.25, 0.3) is 0 Å². The molecule has 0 radical (unpaired) electrons. The van der Waals surface area contributed by atoms with Gasteiger partial charge in [-0.2, -0.15) is 0 Å². The Morgan fingerprint density at radius 3 is 2.69 bits per heavy atom. The number of amides is 1. The maximum atomic E-state index is 15.4. The first kappa shape index (κ1) is 18.1. The van der Waals surface area contributed by atoms with Gasteiger partial charge in [0.15, 0.2) is 0 Å². The number of nitrogens with one attached hydrogen (secondary N) is 2. The summed E-state index contributed by atoms with van der Waals surface area (Å²) in [6.45, 7) is 2.33. The minimum Gasteiger partial charge on any atom is -0.427 e. The number of hydrogen-bond acceptors (Lipinski definition) is 4. The van der Waals surface area contributed by atoms with Crippen LogP contribution in [0.5, 0.6) is 5.75 Å². The van der Waals surface area contributed by atoms with Crippen molar-refractivity contribution in [2.75, 3.05) is 18.4 Å². The largest absolute Gasteiger partial charge is 0.427 e. The molecule has 0 fully saturated rings. The summed E-state index contributed by atoms with van der Waals surface area (Å²) < 4.78 is 20.4. The van der Waals surface area contributed by atoms with Crippen LogP contribution in [0.15, 0.2) is 48.5 Å². The minimum absolute atomic E-state index is 0.00411. The molecule has 0 aromatic heterocycles. The van der Waals surface area contributed by atoms with E-state index in [9.17, 15) is 9.59 Å². The topological polar surface area (TPSA) is 67.4 Å². The van der Waals surface area contributed by atoms with Gasteiger partial charge in [0.05, 0.1) is 0 Å². The van der Waals surface area contributed by atoms with Gasteiger partial charge in [0.1, 0.15) is 5.75 Å². The third-order valence-electron chi connectivity index (χ3n) is 4.37. The molecule has 6 heteroatoms. The first-order chi connectivity index (χ1) is 12.5. The van der Waals surface area contributed by atoms with E-state index >= 15 is 4.39 Å². The summed E-state index contributed by atoms with van der Waals surface area (Å²) in [5, 5.41) is 5.73. The van der Waals surface area contributed by atoms with Crippen molar-refractivity contribution in [2.45, 2.75) is 25.4 Å². The van der Waals surface area contributed by atoms with Crippen LogP contribution in [0.4, 0.5) is 10.1 Å². The van der Waals surface area contributed by atoms with E-state index in [2.05, 4.69) is 10.6 Å². The summed E-state index contributed by atoms with van der Waals surface area (Å²) in [5.41, 5.74) is -0.306. The van der Waals surface area contributed by atoms with Crippen molar-refractivity contribution < 1.29 is 18.7 Å². The fraction of sp³-hybridized carbons (Fsp3) is 0.300. The molecule has 2 aromatic carbocycles. The normalized spacial score (nSPS) is 18.3. The van der Waals surface area contributed by atoms with E-state index in [0.717, 1.165) is 6.42 Å². The van der Waals surface area contributed by atoms with Crippen LogP contribution in [0.3, 0.4) is 0 Å². The van der Waals surface area contributed by atoms with E-state index in [1.54, 1.807) is 6.07 Å². The van der Waals surface area contributed by atoms with Gasteiger partial charge in [-0.1, -0.05) is 30.3 Å². The lowest BCUT2D eigenvalue weighted by Crippen LogP contribution is -2.34. The predicted octanol–water partition coefficient (Wildman–Crippen LogP) is 2.95. The molecule has 0 spiro atoms. The van der Waals surface area contributed by atoms with Crippen LogP contribution >= 0.6 is 0 Å². The Labute approximate surface area is 151 Å². The van der Waals surface area contributed by atoms with Crippen molar-refractivity contribution >= 4 is 17.6 Å². The SMILES string of the molecule is CC(=O)Oc1ccc2c(c1)C(F)(CCNCCc1ccccc1)C(=O)N2. The molecule has 5 nitrogen and oxygen atoms in total. The van der Waals surface area contributed by atoms with Gasteiger partial charge in [0.2, 0.25) is 5.67 Å².